The molecule has 0 amide bonds. The molecule has 0 spiro atoms. The molecular weight excluding hydrogens is 284 g/mol. The zero-order valence-corrected chi connectivity index (χ0v) is 11.9. The van der Waals surface area contributed by atoms with E-state index in [1.54, 1.807) is 12.1 Å². The molecule has 1 rings (SSSR count). The molecule has 0 aromatic heterocycles. The van der Waals surface area contributed by atoms with Gasteiger partial charge in [0.1, 0.15) is 4.90 Å². The number of benzene rings is 1. The smallest absolute Gasteiger partial charge is 0.341 e. The van der Waals surface area contributed by atoms with Crippen molar-refractivity contribution >= 4 is 22.1 Å². The van der Waals surface area contributed by atoms with Crippen LogP contribution in [0.15, 0.2) is 29.2 Å². The maximum Gasteiger partial charge on any atom is 0.341 e. The topological polar surface area (TPSA) is 97.7 Å². The summed E-state index contributed by atoms with van der Waals surface area (Å²) in [6.45, 7) is 1.81. The van der Waals surface area contributed by atoms with Gasteiger partial charge in [-0.2, -0.15) is 8.42 Å². The SMILES string of the molecule is Cc1ccc(S(=O)(=O)OC(=O)CCCCC(=O)O)cc1. The number of rotatable bonds is 7. The Balaban J connectivity index is 2.52. The predicted molar refractivity (Wildman–Crippen MR) is 70.6 cm³/mol. The van der Waals surface area contributed by atoms with Gasteiger partial charge in [-0.1, -0.05) is 17.7 Å². The Morgan fingerprint density at radius 1 is 1.10 bits per heavy atom. The van der Waals surface area contributed by atoms with E-state index in [9.17, 15) is 18.0 Å². The van der Waals surface area contributed by atoms with Crippen LogP contribution in [0.4, 0.5) is 0 Å². The second-order valence-corrected chi connectivity index (χ2v) is 5.87. The van der Waals surface area contributed by atoms with Gasteiger partial charge in [0.25, 0.3) is 0 Å². The molecule has 0 aliphatic rings. The molecule has 1 aromatic rings. The minimum absolute atomic E-state index is 0.0575. The summed E-state index contributed by atoms with van der Waals surface area (Å²) in [6.07, 6.45) is 0.389. The number of carbonyl (C=O) groups excluding carboxylic acids is 1. The van der Waals surface area contributed by atoms with Crippen molar-refractivity contribution < 1.29 is 27.3 Å². The van der Waals surface area contributed by atoms with E-state index in [0.717, 1.165) is 5.56 Å². The van der Waals surface area contributed by atoms with Crippen molar-refractivity contribution in [2.24, 2.45) is 0 Å². The van der Waals surface area contributed by atoms with Crippen molar-refractivity contribution in [3.8, 4) is 0 Å². The van der Waals surface area contributed by atoms with Gasteiger partial charge in [-0.15, -0.1) is 0 Å². The summed E-state index contributed by atoms with van der Waals surface area (Å²) in [5.74, 6) is -1.83. The first kappa shape index (κ1) is 16.2. The quantitative estimate of drug-likeness (QED) is 0.610. The first-order valence-electron chi connectivity index (χ1n) is 6.07. The molecule has 1 aromatic carbocycles. The minimum atomic E-state index is -4.10. The van der Waals surface area contributed by atoms with Crippen LogP contribution >= 0.6 is 0 Å². The Labute approximate surface area is 117 Å². The summed E-state index contributed by atoms with van der Waals surface area (Å²) in [5.41, 5.74) is 0.893. The molecule has 6 nitrogen and oxygen atoms in total. The molecule has 0 saturated carbocycles. The molecule has 0 aliphatic carbocycles. The summed E-state index contributed by atoms with van der Waals surface area (Å²) in [4.78, 5) is 21.6. The molecule has 0 heterocycles. The molecule has 20 heavy (non-hydrogen) atoms. The Bertz CT molecular complexity index is 573. The molecule has 0 bridgehead atoms. The van der Waals surface area contributed by atoms with E-state index in [4.69, 9.17) is 5.11 Å². The third kappa shape index (κ3) is 5.40. The number of unbranched alkanes of at least 4 members (excludes halogenated alkanes) is 1. The van der Waals surface area contributed by atoms with Gasteiger partial charge in [0.15, 0.2) is 0 Å². The van der Waals surface area contributed by atoms with E-state index in [1.807, 2.05) is 6.92 Å². The molecule has 0 unspecified atom stereocenters. The van der Waals surface area contributed by atoms with E-state index < -0.39 is 22.1 Å². The van der Waals surface area contributed by atoms with Crippen LogP contribution in [0.1, 0.15) is 31.2 Å². The first-order valence-corrected chi connectivity index (χ1v) is 7.48. The fraction of sp³-hybridized carbons (Fsp3) is 0.385. The molecule has 110 valence electrons. The zero-order chi connectivity index (χ0) is 15.2. The molecular formula is C13H16O6S. The molecule has 1 N–H and O–H groups in total. The zero-order valence-electron chi connectivity index (χ0n) is 11.0. The van der Waals surface area contributed by atoms with Crippen LogP contribution in [0, 0.1) is 6.92 Å². The van der Waals surface area contributed by atoms with E-state index in [1.165, 1.54) is 12.1 Å². The highest BCUT2D eigenvalue weighted by molar-refractivity contribution is 7.87. The third-order valence-corrected chi connectivity index (χ3v) is 3.79. The third-order valence-electron chi connectivity index (χ3n) is 2.53. The van der Waals surface area contributed by atoms with E-state index >= 15 is 0 Å². The maximum absolute atomic E-state index is 11.8. The lowest BCUT2D eigenvalue weighted by Crippen LogP contribution is -2.13. The Morgan fingerprint density at radius 2 is 1.65 bits per heavy atom. The van der Waals surface area contributed by atoms with Gasteiger partial charge in [0.2, 0.25) is 0 Å². The molecule has 0 fully saturated rings. The lowest BCUT2D eigenvalue weighted by molar-refractivity contribution is -0.138. The van der Waals surface area contributed by atoms with Crippen molar-refractivity contribution in [3.05, 3.63) is 29.8 Å². The highest BCUT2D eigenvalue weighted by Crippen LogP contribution is 2.14. The van der Waals surface area contributed by atoms with Gasteiger partial charge < -0.3 is 9.29 Å². The van der Waals surface area contributed by atoms with Crippen LogP contribution in [0.25, 0.3) is 0 Å². The highest BCUT2D eigenvalue weighted by atomic mass is 32.2. The molecule has 0 aliphatic heterocycles. The van der Waals surface area contributed by atoms with Gasteiger partial charge in [-0.25, -0.2) is 0 Å². The van der Waals surface area contributed by atoms with Crippen molar-refractivity contribution in [2.75, 3.05) is 0 Å². The van der Waals surface area contributed by atoms with Crippen LogP contribution < -0.4 is 0 Å². The van der Waals surface area contributed by atoms with Gasteiger partial charge in [-0.3, -0.25) is 9.59 Å². The number of carboxylic acid groups (broad SMARTS) is 1. The molecule has 0 atom stereocenters. The van der Waals surface area contributed by atoms with Crippen molar-refractivity contribution in [2.45, 2.75) is 37.5 Å². The maximum atomic E-state index is 11.8. The first-order chi connectivity index (χ1) is 9.31. The molecule has 0 saturated heterocycles. The number of aryl methyl sites for hydroxylation is 1. The lowest BCUT2D eigenvalue weighted by atomic mass is 10.2. The second kappa shape index (κ2) is 7.04. The van der Waals surface area contributed by atoms with Crippen molar-refractivity contribution in [1.29, 1.82) is 0 Å². The number of hydrogen-bond donors (Lipinski definition) is 1. The van der Waals surface area contributed by atoms with Crippen LogP contribution in [0.3, 0.4) is 0 Å². The number of hydrogen-bond acceptors (Lipinski definition) is 5. The van der Waals surface area contributed by atoms with Crippen LogP contribution in [0.5, 0.6) is 0 Å². The summed E-state index contributed by atoms with van der Waals surface area (Å²) in [5, 5.41) is 8.42. The number of carboxylic acids is 1. The Kier molecular flexibility index (Phi) is 5.69. The Hall–Kier alpha value is -1.89. The number of carbonyl (C=O) groups is 2. The van der Waals surface area contributed by atoms with Crippen LogP contribution in [-0.2, 0) is 23.9 Å². The summed E-state index contributed by atoms with van der Waals surface area (Å²) < 4.78 is 28.0. The van der Waals surface area contributed by atoms with E-state index in [2.05, 4.69) is 4.18 Å². The normalized spacial score (nSPS) is 11.1. The van der Waals surface area contributed by atoms with Crippen LogP contribution in [-0.4, -0.2) is 25.5 Å². The molecule has 0 radical (unpaired) electrons. The standard InChI is InChI=1S/C13H16O6S/c1-10-6-8-11(9-7-10)20(17,18)19-13(16)5-3-2-4-12(14)15/h6-9H,2-5H2,1H3,(H,14,15). The minimum Gasteiger partial charge on any atom is -0.481 e. The second-order valence-electron chi connectivity index (χ2n) is 4.32. The number of aliphatic carboxylic acids is 1. The fourth-order valence-corrected chi connectivity index (χ4v) is 2.36. The van der Waals surface area contributed by atoms with E-state index in [0.29, 0.717) is 6.42 Å². The average molecular weight is 300 g/mol. The predicted octanol–water partition coefficient (Wildman–Crippen LogP) is 1.87. The fourth-order valence-electron chi connectivity index (χ4n) is 1.46. The average Bonchev–Trinajstić information content (AvgIpc) is 2.34. The lowest BCUT2D eigenvalue weighted by Gasteiger charge is -2.05. The van der Waals surface area contributed by atoms with Gasteiger partial charge >= 0.3 is 22.1 Å². The summed E-state index contributed by atoms with van der Waals surface area (Å²) >= 11 is 0. The summed E-state index contributed by atoms with van der Waals surface area (Å²) in [7, 11) is -4.10. The molecule has 7 heteroatoms. The van der Waals surface area contributed by atoms with Crippen molar-refractivity contribution in [1.82, 2.24) is 0 Å². The van der Waals surface area contributed by atoms with Gasteiger partial charge in [0.05, 0.1) is 0 Å². The Morgan fingerprint density at radius 3 is 2.20 bits per heavy atom. The van der Waals surface area contributed by atoms with Crippen molar-refractivity contribution in [3.63, 3.8) is 0 Å². The monoisotopic (exact) mass is 300 g/mol. The summed E-state index contributed by atoms with van der Waals surface area (Å²) in [6, 6.07) is 5.94. The van der Waals surface area contributed by atoms with Gasteiger partial charge in [-0.05, 0) is 31.9 Å². The highest BCUT2D eigenvalue weighted by Gasteiger charge is 2.19. The largest absolute Gasteiger partial charge is 0.481 e. The van der Waals surface area contributed by atoms with Crippen LogP contribution in [0.2, 0.25) is 0 Å². The van der Waals surface area contributed by atoms with E-state index in [-0.39, 0.29) is 24.2 Å². The van der Waals surface area contributed by atoms with Gasteiger partial charge in [0, 0.05) is 12.8 Å².